The molecule has 1 aliphatic rings. The molecule has 1 saturated heterocycles. The van der Waals surface area contributed by atoms with Crippen molar-refractivity contribution in [3.63, 3.8) is 0 Å². The lowest BCUT2D eigenvalue weighted by molar-refractivity contribution is -0.116. The number of anilines is 1. The number of likely N-dealkylation sites (tertiary alicyclic amines) is 1. The van der Waals surface area contributed by atoms with Gasteiger partial charge in [-0.1, -0.05) is 49.2 Å². The van der Waals surface area contributed by atoms with Crippen molar-refractivity contribution in [2.45, 2.75) is 31.1 Å². The summed E-state index contributed by atoms with van der Waals surface area (Å²) in [7, 11) is -3.76. The maximum Gasteiger partial charge on any atom is 0.261 e. The van der Waals surface area contributed by atoms with Crippen LogP contribution in [0.4, 0.5) is 5.69 Å². The molecule has 0 aromatic heterocycles. The van der Waals surface area contributed by atoms with E-state index in [-0.39, 0.29) is 10.8 Å². The molecule has 1 fully saturated rings. The monoisotopic (exact) mass is 475 g/mol. The summed E-state index contributed by atoms with van der Waals surface area (Å²) < 4.78 is 27.6. The standard InChI is InChI=1S/C24H30ClN3O3S/c1-19(18-28-15-5-2-6-16-28)17-26-24(29)14-11-20-9-12-21(13-10-20)32(30,31)27-23-8-4-3-7-22(23)25/h3-4,7-14,19,27H,2,5-6,15-18H2,1H3,(H,26,29)/b14-11+. The SMILES string of the molecule is CC(CNC(=O)/C=C/c1ccc(S(=O)(=O)Nc2ccccc2Cl)cc1)CN1CCCCC1. The molecule has 8 heteroatoms. The largest absolute Gasteiger partial charge is 0.352 e. The van der Waals surface area contributed by atoms with Gasteiger partial charge in [0.15, 0.2) is 0 Å². The Labute approximate surface area is 195 Å². The molecule has 3 rings (SSSR count). The number of carbonyl (C=O) groups is 1. The molecule has 2 N–H and O–H groups in total. The summed E-state index contributed by atoms with van der Waals surface area (Å²) in [6.07, 6.45) is 6.98. The molecule has 1 heterocycles. The topological polar surface area (TPSA) is 78.5 Å². The number of para-hydroxylation sites is 1. The van der Waals surface area contributed by atoms with E-state index in [1.165, 1.54) is 37.5 Å². The van der Waals surface area contributed by atoms with E-state index >= 15 is 0 Å². The van der Waals surface area contributed by atoms with Crippen LogP contribution in [0.15, 0.2) is 59.5 Å². The molecular formula is C24H30ClN3O3S. The third kappa shape index (κ3) is 7.36. The minimum atomic E-state index is -3.76. The second-order valence-corrected chi connectivity index (χ2v) is 10.3. The Hall–Kier alpha value is -2.35. The van der Waals surface area contributed by atoms with Crippen LogP contribution in [-0.2, 0) is 14.8 Å². The summed E-state index contributed by atoms with van der Waals surface area (Å²) >= 11 is 6.03. The summed E-state index contributed by atoms with van der Waals surface area (Å²) in [6, 6.07) is 13.0. The number of nitrogens with zero attached hydrogens (tertiary/aromatic N) is 1. The fourth-order valence-corrected chi connectivity index (χ4v) is 4.98. The summed E-state index contributed by atoms with van der Waals surface area (Å²) in [5.74, 6) is 0.230. The number of piperidine rings is 1. The number of sulfonamides is 1. The van der Waals surface area contributed by atoms with Gasteiger partial charge in [-0.2, -0.15) is 0 Å². The maximum atomic E-state index is 12.6. The maximum absolute atomic E-state index is 12.6. The van der Waals surface area contributed by atoms with E-state index in [4.69, 9.17) is 11.6 Å². The van der Waals surface area contributed by atoms with Gasteiger partial charge in [0.1, 0.15) is 0 Å². The molecule has 1 amide bonds. The Morgan fingerprint density at radius 1 is 1.09 bits per heavy atom. The van der Waals surface area contributed by atoms with E-state index in [0.717, 1.165) is 25.2 Å². The van der Waals surface area contributed by atoms with Gasteiger partial charge >= 0.3 is 0 Å². The lowest BCUT2D eigenvalue weighted by atomic mass is 10.1. The van der Waals surface area contributed by atoms with Crippen molar-refractivity contribution in [2.75, 3.05) is 30.9 Å². The highest BCUT2D eigenvalue weighted by Crippen LogP contribution is 2.24. The van der Waals surface area contributed by atoms with Gasteiger partial charge < -0.3 is 10.2 Å². The molecule has 2 aromatic carbocycles. The van der Waals surface area contributed by atoms with Crippen molar-refractivity contribution in [2.24, 2.45) is 5.92 Å². The van der Waals surface area contributed by atoms with Crippen LogP contribution in [0.3, 0.4) is 0 Å². The van der Waals surface area contributed by atoms with Crippen molar-refractivity contribution in [1.29, 1.82) is 0 Å². The molecule has 172 valence electrons. The van der Waals surface area contributed by atoms with Crippen LogP contribution < -0.4 is 10.0 Å². The Morgan fingerprint density at radius 3 is 2.47 bits per heavy atom. The van der Waals surface area contributed by atoms with Gasteiger partial charge in [0.25, 0.3) is 10.0 Å². The van der Waals surface area contributed by atoms with Gasteiger partial charge in [-0.3, -0.25) is 9.52 Å². The highest BCUT2D eigenvalue weighted by atomic mass is 35.5. The quantitative estimate of drug-likeness (QED) is 0.527. The van der Waals surface area contributed by atoms with Crippen molar-refractivity contribution >= 4 is 39.3 Å². The summed E-state index contributed by atoms with van der Waals surface area (Å²) in [5, 5.41) is 3.27. The van der Waals surface area contributed by atoms with E-state index in [1.807, 2.05) is 0 Å². The predicted octanol–water partition coefficient (Wildman–Crippen LogP) is 4.39. The van der Waals surface area contributed by atoms with Crippen LogP contribution in [0.25, 0.3) is 6.08 Å². The Bertz CT molecular complexity index is 1030. The zero-order valence-electron chi connectivity index (χ0n) is 18.3. The predicted molar refractivity (Wildman–Crippen MR) is 130 cm³/mol. The summed E-state index contributed by atoms with van der Waals surface area (Å²) in [4.78, 5) is 14.7. The molecule has 1 aliphatic heterocycles. The van der Waals surface area contributed by atoms with Gasteiger partial charge in [0.2, 0.25) is 5.91 Å². The van der Waals surface area contributed by atoms with Crippen molar-refractivity contribution < 1.29 is 13.2 Å². The zero-order valence-corrected chi connectivity index (χ0v) is 19.8. The van der Waals surface area contributed by atoms with Gasteiger partial charge in [-0.05, 0) is 67.8 Å². The molecule has 0 bridgehead atoms. The summed E-state index contributed by atoms with van der Waals surface area (Å²) in [5.41, 5.74) is 1.06. The first-order valence-corrected chi connectivity index (χ1v) is 12.8. The van der Waals surface area contributed by atoms with E-state index in [0.29, 0.717) is 23.2 Å². The number of nitrogens with one attached hydrogen (secondary N) is 2. The van der Waals surface area contributed by atoms with Gasteiger partial charge in [-0.25, -0.2) is 8.42 Å². The second kappa shape index (κ2) is 11.5. The molecule has 0 radical (unpaired) electrons. The first-order valence-electron chi connectivity index (χ1n) is 10.9. The minimum absolute atomic E-state index is 0.116. The average molecular weight is 476 g/mol. The van der Waals surface area contributed by atoms with Crippen LogP contribution >= 0.6 is 11.6 Å². The van der Waals surface area contributed by atoms with Crippen LogP contribution in [0.1, 0.15) is 31.7 Å². The molecule has 6 nitrogen and oxygen atoms in total. The Kier molecular flexibility index (Phi) is 8.73. The lowest BCUT2D eigenvalue weighted by Crippen LogP contribution is -2.37. The van der Waals surface area contributed by atoms with E-state index in [9.17, 15) is 13.2 Å². The van der Waals surface area contributed by atoms with Gasteiger partial charge in [0, 0.05) is 19.2 Å². The lowest BCUT2D eigenvalue weighted by Gasteiger charge is -2.29. The zero-order chi connectivity index (χ0) is 23.0. The van der Waals surface area contributed by atoms with Crippen molar-refractivity contribution in [1.82, 2.24) is 10.2 Å². The molecule has 0 saturated carbocycles. The van der Waals surface area contributed by atoms with Gasteiger partial charge in [0.05, 0.1) is 15.6 Å². The average Bonchev–Trinajstić information content (AvgIpc) is 2.79. The van der Waals surface area contributed by atoms with Crippen LogP contribution in [0.5, 0.6) is 0 Å². The van der Waals surface area contributed by atoms with Crippen LogP contribution in [0.2, 0.25) is 5.02 Å². The Morgan fingerprint density at radius 2 is 1.78 bits per heavy atom. The molecule has 0 spiro atoms. The van der Waals surface area contributed by atoms with Crippen molar-refractivity contribution in [3.05, 3.63) is 65.2 Å². The highest BCUT2D eigenvalue weighted by molar-refractivity contribution is 7.92. The van der Waals surface area contributed by atoms with E-state index in [1.54, 1.807) is 42.5 Å². The molecule has 1 unspecified atom stereocenters. The fourth-order valence-electron chi connectivity index (χ4n) is 3.66. The second-order valence-electron chi connectivity index (χ2n) is 8.20. The van der Waals surface area contributed by atoms with Gasteiger partial charge in [-0.15, -0.1) is 0 Å². The third-order valence-corrected chi connectivity index (χ3v) is 7.09. The van der Waals surface area contributed by atoms with E-state index < -0.39 is 10.0 Å². The molecular weight excluding hydrogens is 446 g/mol. The number of benzene rings is 2. The molecule has 1 atom stereocenters. The molecule has 0 aliphatic carbocycles. The number of hydrogen-bond acceptors (Lipinski definition) is 4. The number of hydrogen-bond donors (Lipinski definition) is 2. The first-order chi connectivity index (χ1) is 15.3. The number of amides is 1. The van der Waals surface area contributed by atoms with Crippen molar-refractivity contribution in [3.8, 4) is 0 Å². The number of carbonyl (C=O) groups excluding carboxylic acids is 1. The summed E-state index contributed by atoms with van der Waals surface area (Å²) in [6.45, 7) is 6.08. The number of rotatable bonds is 9. The smallest absolute Gasteiger partial charge is 0.261 e. The van der Waals surface area contributed by atoms with E-state index in [2.05, 4.69) is 21.9 Å². The Balaban J connectivity index is 1.49. The first kappa shape index (κ1) is 24.3. The third-order valence-electron chi connectivity index (χ3n) is 5.38. The van der Waals surface area contributed by atoms with Crippen LogP contribution in [0, 0.1) is 5.92 Å². The fraction of sp³-hybridized carbons (Fsp3) is 0.375. The minimum Gasteiger partial charge on any atom is -0.352 e. The molecule has 2 aromatic rings. The molecule has 32 heavy (non-hydrogen) atoms. The normalized spacial score (nSPS) is 16.1. The highest BCUT2D eigenvalue weighted by Gasteiger charge is 2.16. The number of halogens is 1. The van der Waals surface area contributed by atoms with Crippen LogP contribution in [-0.4, -0.2) is 45.4 Å².